The highest BCUT2D eigenvalue weighted by Crippen LogP contribution is 2.25. The van der Waals surface area contributed by atoms with Crippen molar-refractivity contribution in [3.8, 4) is 0 Å². The molecule has 0 fully saturated rings. The van der Waals surface area contributed by atoms with Crippen LogP contribution in [-0.4, -0.2) is 5.91 Å². The maximum absolute atomic E-state index is 12.0. The lowest BCUT2D eigenvalue weighted by Gasteiger charge is -2.03. The Kier molecular flexibility index (Phi) is 3.56. The second-order valence-electron chi connectivity index (χ2n) is 4.72. The first kappa shape index (κ1) is 12.9. The summed E-state index contributed by atoms with van der Waals surface area (Å²) < 4.78 is 6.65. The van der Waals surface area contributed by atoms with Crippen LogP contribution in [0.2, 0.25) is 0 Å². The molecule has 0 saturated carbocycles. The van der Waals surface area contributed by atoms with Crippen LogP contribution in [0.1, 0.15) is 17.1 Å². The Bertz CT molecular complexity index is 742. The van der Waals surface area contributed by atoms with E-state index in [1.807, 2.05) is 31.2 Å². The minimum absolute atomic E-state index is 0.0163. The van der Waals surface area contributed by atoms with E-state index in [9.17, 15) is 4.79 Å². The molecule has 20 heavy (non-hydrogen) atoms. The number of amides is 1. The second-order valence-corrected chi connectivity index (χ2v) is 5.63. The first-order valence-corrected chi connectivity index (χ1v) is 7.37. The number of rotatable bonds is 4. The van der Waals surface area contributed by atoms with Gasteiger partial charge in [0.1, 0.15) is 11.5 Å². The van der Waals surface area contributed by atoms with Gasteiger partial charge in [-0.2, -0.15) is 0 Å². The van der Waals surface area contributed by atoms with Crippen LogP contribution in [0.25, 0.3) is 10.1 Å². The molecule has 0 saturated heterocycles. The fourth-order valence-corrected chi connectivity index (χ4v) is 3.13. The minimum Gasteiger partial charge on any atom is -0.465 e. The van der Waals surface area contributed by atoms with E-state index in [4.69, 9.17) is 4.42 Å². The van der Waals surface area contributed by atoms with Gasteiger partial charge in [0.05, 0.1) is 13.0 Å². The fourth-order valence-electron chi connectivity index (χ4n) is 2.17. The van der Waals surface area contributed by atoms with Crippen molar-refractivity contribution in [2.45, 2.75) is 19.9 Å². The van der Waals surface area contributed by atoms with Gasteiger partial charge in [-0.3, -0.25) is 4.79 Å². The van der Waals surface area contributed by atoms with E-state index < -0.39 is 0 Å². The van der Waals surface area contributed by atoms with Gasteiger partial charge in [0.2, 0.25) is 5.91 Å². The van der Waals surface area contributed by atoms with Crippen molar-refractivity contribution in [1.82, 2.24) is 5.32 Å². The Morgan fingerprint density at radius 1 is 1.25 bits per heavy atom. The summed E-state index contributed by atoms with van der Waals surface area (Å²) in [7, 11) is 0. The van der Waals surface area contributed by atoms with E-state index >= 15 is 0 Å². The minimum atomic E-state index is 0.0163. The zero-order valence-corrected chi connectivity index (χ0v) is 12.0. The number of nitrogens with one attached hydrogen (secondary N) is 1. The Hall–Kier alpha value is -2.07. The quantitative estimate of drug-likeness (QED) is 0.795. The monoisotopic (exact) mass is 285 g/mol. The third kappa shape index (κ3) is 2.75. The summed E-state index contributed by atoms with van der Waals surface area (Å²) in [5.74, 6) is 1.66. The molecule has 0 atom stereocenters. The van der Waals surface area contributed by atoms with Gasteiger partial charge in [0, 0.05) is 4.70 Å². The van der Waals surface area contributed by atoms with E-state index in [1.165, 1.54) is 10.1 Å². The standard InChI is InChI=1S/C16H15NO2S/c1-11-6-7-13(19-11)9-17-16(18)8-12-10-20-15-5-3-2-4-14(12)15/h2-7,10H,8-9H2,1H3,(H,17,18). The molecular formula is C16H15NO2S. The number of hydrogen-bond acceptors (Lipinski definition) is 3. The topological polar surface area (TPSA) is 42.2 Å². The highest BCUT2D eigenvalue weighted by molar-refractivity contribution is 7.17. The Morgan fingerprint density at radius 3 is 2.90 bits per heavy atom. The molecule has 102 valence electrons. The Balaban J connectivity index is 1.64. The van der Waals surface area contributed by atoms with Crippen molar-refractivity contribution in [3.05, 3.63) is 58.9 Å². The molecular weight excluding hydrogens is 270 g/mol. The van der Waals surface area contributed by atoms with E-state index in [1.54, 1.807) is 11.3 Å². The molecule has 3 rings (SSSR count). The predicted molar refractivity (Wildman–Crippen MR) is 80.8 cm³/mol. The molecule has 0 aliphatic heterocycles. The molecule has 2 aromatic heterocycles. The van der Waals surface area contributed by atoms with E-state index in [2.05, 4.69) is 22.8 Å². The van der Waals surface area contributed by atoms with Crippen LogP contribution in [-0.2, 0) is 17.8 Å². The Labute approximate surface area is 121 Å². The number of thiophene rings is 1. The van der Waals surface area contributed by atoms with Crippen LogP contribution in [0, 0.1) is 6.92 Å². The number of carbonyl (C=O) groups is 1. The molecule has 0 aliphatic rings. The van der Waals surface area contributed by atoms with Crippen molar-refractivity contribution in [2.75, 3.05) is 0 Å². The maximum Gasteiger partial charge on any atom is 0.224 e. The van der Waals surface area contributed by atoms with Gasteiger partial charge in [0.15, 0.2) is 0 Å². The van der Waals surface area contributed by atoms with Gasteiger partial charge >= 0.3 is 0 Å². The van der Waals surface area contributed by atoms with Crippen LogP contribution >= 0.6 is 11.3 Å². The molecule has 0 unspecified atom stereocenters. The van der Waals surface area contributed by atoms with E-state index in [0.717, 1.165) is 17.1 Å². The lowest BCUT2D eigenvalue weighted by molar-refractivity contribution is -0.120. The molecule has 0 aliphatic carbocycles. The van der Waals surface area contributed by atoms with Crippen LogP contribution in [0.4, 0.5) is 0 Å². The second kappa shape index (κ2) is 5.51. The lowest BCUT2D eigenvalue weighted by atomic mass is 10.1. The van der Waals surface area contributed by atoms with Crippen LogP contribution in [0.5, 0.6) is 0 Å². The van der Waals surface area contributed by atoms with Crippen LogP contribution < -0.4 is 5.32 Å². The third-order valence-corrected chi connectivity index (χ3v) is 4.18. The van der Waals surface area contributed by atoms with E-state index in [0.29, 0.717) is 13.0 Å². The average Bonchev–Trinajstić information content (AvgIpc) is 3.04. The molecule has 1 N–H and O–H groups in total. The summed E-state index contributed by atoms with van der Waals surface area (Å²) >= 11 is 1.68. The molecule has 1 amide bonds. The predicted octanol–water partition coefficient (Wildman–Crippen LogP) is 3.66. The average molecular weight is 285 g/mol. The molecule has 2 heterocycles. The SMILES string of the molecule is Cc1ccc(CNC(=O)Cc2csc3ccccc23)o1. The summed E-state index contributed by atoms with van der Waals surface area (Å²) in [6.07, 6.45) is 0.406. The van der Waals surface area contributed by atoms with Crippen molar-refractivity contribution in [1.29, 1.82) is 0 Å². The third-order valence-electron chi connectivity index (χ3n) is 3.17. The highest BCUT2D eigenvalue weighted by Gasteiger charge is 2.09. The molecule has 0 spiro atoms. The summed E-state index contributed by atoms with van der Waals surface area (Å²) in [4.78, 5) is 12.0. The zero-order chi connectivity index (χ0) is 13.9. The van der Waals surface area contributed by atoms with Gasteiger partial charge in [-0.05, 0) is 41.5 Å². The molecule has 3 nitrogen and oxygen atoms in total. The fraction of sp³-hybridized carbons (Fsp3) is 0.188. The number of carbonyl (C=O) groups excluding carboxylic acids is 1. The number of benzene rings is 1. The number of aryl methyl sites for hydroxylation is 1. The summed E-state index contributed by atoms with van der Waals surface area (Å²) in [6, 6.07) is 11.9. The molecule has 0 radical (unpaired) electrons. The number of fused-ring (bicyclic) bond motifs is 1. The molecule has 1 aromatic carbocycles. The maximum atomic E-state index is 12.0. The van der Waals surface area contributed by atoms with Crippen LogP contribution in [0.15, 0.2) is 46.2 Å². The largest absolute Gasteiger partial charge is 0.465 e. The van der Waals surface area contributed by atoms with Crippen molar-refractivity contribution >= 4 is 27.3 Å². The summed E-state index contributed by atoms with van der Waals surface area (Å²) in [6.45, 7) is 2.33. The van der Waals surface area contributed by atoms with Gasteiger partial charge in [0.25, 0.3) is 0 Å². The first-order valence-electron chi connectivity index (χ1n) is 6.49. The zero-order valence-electron chi connectivity index (χ0n) is 11.2. The lowest BCUT2D eigenvalue weighted by Crippen LogP contribution is -2.24. The van der Waals surface area contributed by atoms with Gasteiger partial charge in [-0.25, -0.2) is 0 Å². The summed E-state index contributed by atoms with van der Waals surface area (Å²) in [5.41, 5.74) is 1.08. The molecule has 0 bridgehead atoms. The van der Waals surface area contributed by atoms with Gasteiger partial charge in [-0.15, -0.1) is 11.3 Å². The molecule has 3 aromatic rings. The van der Waals surface area contributed by atoms with Crippen molar-refractivity contribution in [2.24, 2.45) is 0 Å². The smallest absolute Gasteiger partial charge is 0.224 e. The summed E-state index contributed by atoms with van der Waals surface area (Å²) in [5, 5.41) is 6.11. The van der Waals surface area contributed by atoms with Gasteiger partial charge < -0.3 is 9.73 Å². The van der Waals surface area contributed by atoms with E-state index in [-0.39, 0.29) is 5.91 Å². The van der Waals surface area contributed by atoms with Gasteiger partial charge in [-0.1, -0.05) is 18.2 Å². The van der Waals surface area contributed by atoms with Crippen LogP contribution in [0.3, 0.4) is 0 Å². The first-order chi connectivity index (χ1) is 9.72. The van der Waals surface area contributed by atoms with Crippen molar-refractivity contribution in [3.63, 3.8) is 0 Å². The number of hydrogen-bond donors (Lipinski definition) is 1. The van der Waals surface area contributed by atoms with Crippen molar-refractivity contribution < 1.29 is 9.21 Å². The molecule has 4 heteroatoms. The number of furan rings is 1. The highest BCUT2D eigenvalue weighted by atomic mass is 32.1. The normalized spacial score (nSPS) is 10.8. The Morgan fingerprint density at radius 2 is 2.10 bits per heavy atom.